The van der Waals surface area contributed by atoms with Crippen molar-refractivity contribution in [1.29, 1.82) is 0 Å². The molecule has 1 saturated heterocycles. The summed E-state index contributed by atoms with van der Waals surface area (Å²) >= 11 is 0. The lowest BCUT2D eigenvalue weighted by Gasteiger charge is -2.30. The molecule has 4 heteroatoms. The largest absolute Gasteiger partial charge is 0.344 e. The van der Waals surface area contributed by atoms with Crippen LogP contribution in [0.25, 0.3) is 0 Å². The van der Waals surface area contributed by atoms with Crippen LogP contribution in [0, 0.1) is 12.3 Å². The lowest BCUT2D eigenvalue weighted by molar-refractivity contribution is -0.140. The van der Waals surface area contributed by atoms with E-state index in [1.165, 1.54) is 0 Å². The Balaban J connectivity index is 2.21. The first-order chi connectivity index (χ1) is 7.89. The maximum atomic E-state index is 12.3. The van der Waals surface area contributed by atoms with Gasteiger partial charge in [-0.25, -0.2) is 4.98 Å². The van der Waals surface area contributed by atoms with Gasteiger partial charge in [-0.15, -0.1) is 0 Å². The summed E-state index contributed by atoms with van der Waals surface area (Å²) in [5.41, 5.74) is 0.736. The molecule has 1 N–H and O–H groups in total. The number of rotatable bonds is 1. The molecule has 2 heterocycles. The first-order valence-corrected chi connectivity index (χ1v) is 6.22. The number of amides is 1. The summed E-state index contributed by atoms with van der Waals surface area (Å²) in [6.45, 7) is 8.75. The molecule has 1 atom stereocenters. The highest BCUT2D eigenvalue weighted by molar-refractivity contribution is 5.82. The third kappa shape index (κ3) is 2.35. The fraction of sp³-hybridized carbons (Fsp3) is 0.692. The van der Waals surface area contributed by atoms with Crippen LogP contribution >= 0.6 is 0 Å². The summed E-state index contributed by atoms with van der Waals surface area (Å²) in [6.07, 6.45) is 3.90. The molecule has 0 spiro atoms. The molecule has 1 aliphatic rings. The van der Waals surface area contributed by atoms with E-state index >= 15 is 0 Å². The average molecular weight is 235 g/mol. The molecule has 94 valence electrons. The van der Waals surface area contributed by atoms with Crippen molar-refractivity contribution >= 4 is 5.91 Å². The minimum atomic E-state index is -0.315. The van der Waals surface area contributed by atoms with Gasteiger partial charge < -0.3 is 9.88 Å². The van der Waals surface area contributed by atoms with E-state index in [-0.39, 0.29) is 17.4 Å². The summed E-state index contributed by atoms with van der Waals surface area (Å²) in [7, 11) is 0. The number of carbonyl (C=O) groups excluding carboxylic acids is 1. The zero-order valence-corrected chi connectivity index (χ0v) is 11.1. The number of imidazole rings is 1. The smallest absolute Gasteiger partial charge is 0.228 e. The predicted molar refractivity (Wildman–Crippen MR) is 66.5 cm³/mol. The van der Waals surface area contributed by atoms with Crippen molar-refractivity contribution < 1.29 is 4.79 Å². The second-order valence-electron chi connectivity index (χ2n) is 5.86. The van der Waals surface area contributed by atoms with Gasteiger partial charge in [0.2, 0.25) is 5.91 Å². The topological polar surface area (TPSA) is 49.0 Å². The number of hydrogen-bond donors (Lipinski definition) is 1. The first kappa shape index (κ1) is 12.1. The van der Waals surface area contributed by atoms with Crippen LogP contribution in [-0.4, -0.2) is 27.3 Å². The van der Waals surface area contributed by atoms with Gasteiger partial charge in [0.25, 0.3) is 0 Å². The van der Waals surface area contributed by atoms with E-state index in [2.05, 4.69) is 9.97 Å². The Kier molecular flexibility index (Phi) is 2.98. The van der Waals surface area contributed by atoms with Crippen LogP contribution in [0.4, 0.5) is 0 Å². The highest BCUT2D eigenvalue weighted by atomic mass is 16.2. The van der Waals surface area contributed by atoms with E-state index < -0.39 is 0 Å². The molecule has 0 aliphatic carbocycles. The average Bonchev–Trinajstić information content (AvgIpc) is 2.82. The number of carbonyl (C=O) groups is 1. The van der Waals surface area contributed by atoms with Crippen LogP contribution in [0.2, 0.25) is 0 Å². The highest BCUT2D eigenvalue weighted by Crippen LogP contribution is 2.33. The molecular weight excluding hydrogens is 214 g/mol. The normalized spacial score (nSPS) is 20.9. The second-order valence-corrected chi connectivity index (χ2v) is 5.86. The molecule has 1 aromatic rings. The van der Waals surface area contributed by atoms with Crippen molar-refractivity contribution in [2.75, 3.05) is 6.54 Å². The van der Waals surface area contributed by atoms with Crippen LogP contribution in [0.1, 0.15) is 51.2 Å². The summed E-state index contributed by atoms with van der Waals surface area (Å²) in [5.74, 6) is 1.15. The van der Waals surface area contributed by atoms with E-state index in [9.17, 15) is 4.79 Å². The van der Waals surface area contributed by atoms with Gasteiger partial charge in [0, 0.05) is 23.9 Å². The SMILES string of the molecule is Cc1cnc(C2CCCN2C(=O)C(C)(C)C)[nH]1. The van der Waals surface area contributed by atoms with Crippen molar-refractivity contribution in [2.24, 2.45) is 5.41 Å². The lowest BCUT2D eigenvalue weighted by Crippen LogP contribution is -2.39. The van der Waals surface area contributed by atoms with Crippen molar-refractivity contribution in [3.05, 3.63) is 17.7 Å². The Labute approximate surface area is 102 Å². The monoisotopic (exact) mass is 235 g/mol. The molecular formula is C13H21N3O. The molecule has 1 fully saturated rings. The first-order valence-electron chi connectivity index (χ1n) is 6.22. The third-order valence-electron chi connectivity index (χ3n) is 3.19. The molecule has 4 nitrogen and oxygen atoms in total. The highest BCUT2D eigenvalue weighted by Gasteiger charge is 2.36. The molecule has 17 heavy (non-hydrogen) atoms. The summed E-state index contributed by atoms with van der Waals surface area (Å²) < 4.78 is 0. The van der Waals surface area contributed by atoms with Gasteiger partial charge in [0.05, 0.1) is 6.04 Å². The summed E-state index contributed by atoms with van der Waals surface area (Å²) in [5, 5.41) is 0. The van der Waals surface area contributed by atoms with Crippen LogP contribution in [-0.2, 0) is 4.79 Å². The quantitative estimate of drug-likeness (QED) is 0.812. The number of aryl methyl sites for hydroxylation is 1. The van der Waals surface area contributed by atoms with Crippen LogP contribution in [0.15, 0.2) is 6.20 Å². The molecule has 1 aromatic heterocycles. The maximum Gasteiger partial charge on any atom is 0.228 e. The molecule has 0 saturated carbocycles. The van der Waals surface area contributed by atoms with Crippen LogP contribution < -0.4 is 0 Å². The Morgan fingerprint density at radius 2 is 2.24 bits per heavy atom. The Morgan fingerprint density at radius 1 is 1.53 bits per heavy atom. The Hall–Kier alpha value is -1.32. The fourth-order valence-electron chi connectivity index (χ4n) is 2.33. The molecule has 1 unspecified atom stereocenters. The standard InChI is InChI=1S/C13H21N3O/c1-9-8-14-11(15-9)10-6-5-7-16(10)12(17)13(2,3)4/h8,10H,5-7H2,1-4H3,(H,14,15). The summed E-state index contributed by atoms with van der Waals surface area (Å²) in [6, 6.07) is 0.135. The van der Waals surface area contributed by atoms with E-state index in [0.717, 1.165) is 30.9 Å². The number of aromatic nitrogens is 2. The fourth-order valence-corrected chi connectivity index (χ4v) is 2.33. The number of likely N-dealkylation sites (tertiary alicyclic amines) is 1. The number of nitrogens with one attached hydrogen (secondary N) is 1. The number of aromatic amines is 1. The van der Waals surface area contributed by atoms with Gasteiger partial charge in [0.15, 0.2) is 0 Å². The Morgan fingerprint density at radius 3 is 2.76 bits per heavy atom. The second kappa shape index (κ2) is 4.17. The van der Waals surface area contributed by atoms with Gasteiger partial charge in [0.1, 0.15) is 5.82 Å². The minimum absolute atomic E-state index is 0.135. The molecule has 1 aliphatic heterocycles. The van der Waals surface area contributed by atoms with Crippen molar-refractivity contribution in [3.8, 4) is 0 Å². The van der Waals surface area contributed by atoms with Crippen LogP contribution in [0.5, 0.6) is 0 Å². The third-order valence-corrected chi connectivity index (χ3v) is 3.19. The Bertz CT molecular complexity index is 417. The lowest BCUT2D eigenvalue weighted by atomic mass is 9.94. The number of H-pyrrole nitrogens is 1. The zero-order chi connectivity index (χ0) is 12.6. The predicted octanol–water partition coefficient (Wildman–Crippen LogP) is 2.43. The zero-order valence-electron chi connectivity index (χ0n) is 11.1. The van der Waals surface area contributed by atoms with E-state index in [1.807, 2.05) is 38.8 Å². The molecule has 2 rings (SSSR count). The molecule has 0 radical (unpaired) electrons. The van der Waals surface area contributed by atoms with Crippen molar-refractivity contribution in [1.82, 2.24) is 14.9 Å². The summed E-state index contributed by atoms with van der Waals surface area (Å²) in [4.78, 5) is 21.9. The maximum absolute atomic E-state index is 12.3. The van der Waals surface area contributed by atoms with Gasteiger partial charge in [-0.3, -0.25) is 4.79 Å². The van der Waals surface area contributed by atoms with E-state index in [0.29, 0.717) is 0 Å². The van der Waals surface area contributed by atoms with E-state index in [1.54, 1.807) is 0 Å². The minimum Gasteiger partial charge on any atom is -0.344 e. The molecule has 0 aromatic carbocycles. The van der Waals surface area contributed by atoms with Crippen molar-refractivity contribution in [2.45, 2.75) is 46.6 Å². The van der Waals surface area contributed by atoms with Gasteiger partial charge in [-0.05, 0) is 19.8 Å². The van der Waals surface area contributed by atoms with E-state index in [4.69, 9.17) is 0 Å². The van der Waals surface area contributed by atoms with Gasteiger partial charge in [-0.1, -0.05) is 20.8 Å². The number of nitrogens with zero attached hydrogens (tertiary/aromatic N) is 2. The van der Waals surface area contributed by atoms with Gasteiger partial charge >= 0.3 is 0 Å². The van der Waals surface area contributed by atoms with Crippen molar-refractivity contribution in [3.63, 3.8) is 0 Å². The van der Waals surface area contributed by atoms with Gasteiger partial charge in [-0.2, -0.15) is 0 Å². The molecule has 0 bridgehead atoms. The molecule has 1 amide bonds. The number of hydrogen-bond acceptors (Lipinski definition) is 2. The van der Waals surface area contributed by atoms with Crippen LogP contribution in [0.3, 0.4) is 0 Å².